The summed E-state index contributed by atoms with van der Waals surface area (Å²) in [7, 11) is 0. The fourth-order valence-electron chi connectivity index (χ4n) is 2.54. The van der Waals surface area contributed by atoms with Gasteiger partial charge in [0, 0.05) is 29.8 Å². The Morgan fingerprint density at radius 3 is 2.45 bits per heavy atom. The van der Waals surface area contributed by atoms with Crippen LogP contribution in [0.5, 0.6) is 0 Å². The van der Waals surface area contributed by atoms with Crippen LogP contribution in [-0.2, 0) is 4.79 Å². The normalized spacial score (nSPS) is 20.1. The van der Waals surface area contributed by atoms with Crippen molar-refractivity contribution in [1.29, 1.82) is 0 Å². The minimum Gasteiger partial charge on any atom is -0.352 e. The van der Waals surface area contributed by atoms with E-state index >= 15 is 0 Å². The molecule has 0 aromatic heterocycles. The van der Waals surface area contributed by atoms with Crippen LogP contribution >= 0.6 is 12.4 Å². The third-order valence-corrected chi connectivity index (χ3v) is 3.79. The fraction of sp³-hybridized carbons (Fsp3) is 0.500. The number of benzene rings is 1. The maximum absolute atomic E-state index is 12.1. The lowest BCUT2D eigenvalue weighted by molar-refractivity contribution is -0.119. The first-order valence-electron chi connectivity index (χ1n) is 7.55. The first-order valence-corrected chi connectivity index (χ1v) is 7.55. The van der Waals surface area contributed by atoms with Crippen molar-refractivity contribution in [3.8, 4) is 0 Å². The lowest BCUT2D eigenvalue weighted by atomic mass is 10.1. The number of rotatable bonds is 5. The molecule has 0 aliphatic heterocycles. The van der Waals surface area contributed by atoms with Crippen molar-refractivity contribution in [1.82, 2.24) is 5.32 Å². The SMILES string of the molecule is CCCNC(=O)c1ccc(NC(=O)C2CCC(N)C2)cc1.Cl. The second-order valence-corrected chi connectivity index (χ2v) is 5.59. The first-order chi connectivity index (χ1) is 10.1. The van der Waals surface area contributed by atoms with Crippen LogP contribution in [0.2, 0.25) is 0 Å². The molecule has 2 atom stereocenters. The summed E-state index contributed by atoms with van der Waals surface area (Å²) in [5.74, 6) is -0.0600. The van der Waals surface area contributed by atoms with Crippen molar-refractivity contribution in [3.63, 3.8) is 0 Å². The zero-order chi connectivity index (χ0) is 15.2. The monoisotopic (exact) mass is 325 g/mol. The predicted molar refractivity (Wildman–Crippen MR) is 90.3 cm³/mol. The highest BCUT2D eigenvalue weighted by Crippen LogP contribution is 2.25. The molecular weight excluding hydrogens is 302 g/mol. The first kappa shape index (κ1) is 18.5. The maximum atomic E-state index is 12.1. The molecule has 2 unspecified atom stereocenters. The van der Waals surface area contributed by atoms with E-state index < -0.39 is 0 Å². The molecule has 0 saturated heterocycles. The predicted octanol–water partition coefficient (Wildman–Crippen LogP) is 2.31. The van der Waals surface area contributed by atoms with Gasteiger partial charge in [-0.2, -0.15) is 0 Å². The minimum atomic E-state index is -0.0866. The summed E-state index contributed by atoms with van der Waals surface area (Å²) in [6.07, 6.45) is 3.42. The van der Waals surface area contributed by atoms with E-state index in [2.05, 4.69) is 10.6 Å². The molecule has 1 aromatic rings. The number of carbonyl (C=O) groups excluding carboxylic acids is 2. The number of amides is 2. The summed E-state index contributed by atoms with van der Waals surface area (Å²) in [5.41, 5.74) is 7.14. The van der Waals surface area contributed by atoms with Crippen molar-refractivity contribution < 1.29 is 9.59 Å². The number of nitrogens with two attached hydrogens (primary N) is 1. The van der Waals surface area contributed by atoms with E-state index in [9.17, 15) is 9.59 Å². The van der Waals surface area contributed by atoms with E-state index in [1.54, 1.807) is 24.3 Å². The van der Waals surface area contributed by atoms with E-state index in [1.165, 1.54) is 0 Å². The number of hydrogen-bond acceptors (Lipinski definition) is 3. The number of hydrogen-bond donors (Lipinski definition) is 3. The van der Waals surface area contributed by atoms with E-state index in [0.717, 1.165) is 25.7 Å². The molecule has 122 valence electrons. The molecule has 4 N–H and O–H groups in total. The fourth-order valence-corrected chi connectivity index (χ4v) is 2.54. The van der Waals surface area contributed by atoms with Gasteiger partial charge in [-0.15, -0.1) is 12.4 Å². The summed E-state index contributed by atoms with van der Waals surface area (Å²) < 4.78 is 0. The quantitative estimate of drug-likeness (QED) is 0.776. The second-order valence-electron chi connectivity index (χ2n) is 5.59. The maximum Gasteiger partial charge on any atom is 0.251 e. The van der Waals surface area contributed by atoms with Crippen LogP contribution < -0.4 is 16.4 Å². The molecule has 5 nitrogen and oxygen atoms in total. The van der Waals surface area contributed by atoms with Gasteiger partial charge in [-0.25, -0.2) is 0 Å². The van der Waals surface area contributed by atoms with Crippen molar-refractivity contribution in [2.75, 3.05) is 11.9 Å². The highest BCUT2D eigenvalue weighted by Gasteiger charge is 2.27. The van der Waals surface area contributed by atoms with Gasteiger partial charge in [-0.1, -0.05) is 6.92 Å². The lowest BCUT2D eigenvalue weighted by Gasteiger charge is -2.11. The number of carbonyl (C=O) groups is 2. The number of halogens is 1. The Kier molecular flexibility index (Phi) is 7.35. The van der Waals surface area contributed by atoms with Gasteiger partial charge in [0.05, 0.1) is 0 Å². The average molecular weight is 326 g/mol. The smallest absolute Gasteiger partial charge is 0.251 e. The molecule has 1 aliphatic carbocycles. The van der Waals surface area contributed by atoms with Gasteiger partial charge in [0.1, 0.15) is 0 Å². The van der Waals surface area contributed by atoms with E-state index in [1.807, 2.05) is 6.92 Å². The van der Waals surface area contributed by atoms with Crippen molar-refractivity contribution in [2.24, 2.45) is 11.7 Å². The number of anilines is 1. The molecule has 1 fully saturated rings. The van der Waals surface area contributed by atoms with E-state index in [4.69, 9.17) is 5.73 Å². The van der Waals surface area contributed by atoms with Crippen LogP contribution in [0.3, 0.4) is 0 Å². The summed E-state index contributed by atoms with van der Waals surface area (Å²) >= 11 is 0. The summed E-state index contributed by atoms with van der Waals surface area (Å²) in [6.45, 7) is 2.67. The van der Waals surface area contributed by atoms with Crippen molar-refractivity contribution in [2.45, 2.75) is 38.6 Å². The van der Waals surface area contributed by atoms with Crippen LogP contribution in [0.25, 0.3) is 0 Å². The Labute approximate surface area is 137 Å². The molecule has 1 saturated carbocycles. The standard InChI is InChI=1S/C16H23N3O2.ClH/c1-2-9-18-15(20)11-4-7-14(8-5-11)19-16(21)12-3-6-13(17)10-12;/h4-5,7-8,12-13H,2-3,6,9-10,17H2,1H3,(H,18,20)(H,19,21);1H. The molecule has 0 spiro atoms. The largest absolute Gasteiger partial charge is 0.352 e. The molecule has 0 heterocycles. The van der Waals surface area contributed by atoms with Crippen LogP contribution in [0.1, 0.15) is 43.0 Å². The zero-order valence-electron chi connectivity index (χ0n) is 12.8. The average Bonchev–Trinajstić information content (AvgIpc) is 2.92. The van der Waals surface area contributed by atoms with Crippen molar-refractivity contribution >= 4 is 29.9 Å². The lowest BCUT2D eigenvalue weighted by Crippen LogP contribution is -2.24. The topological polar surface area (TPSA) is 84.2 Å². The third-order valence-electron chi connectivity index (χ3n) is 3.79. The molecular formula is C16H24ClN3O2. The Balaban J connectivity index is 0.00000242. The Hall–Kier alpha value is -1.59. The highest BCUT2D eigenvalue weighted by molar-refractivity contribution is 5.96. The molecule has 22 heavy (non-hydrogen) atoms. The van der Waals surface area contributed by atoms with Crippen LogP contribution in [0.4, 0.5) is 5.69 Å². The second kappa shape index (κ2) is 8.76. The number of nitrogens with one attached hydrogen (secondary N) is 2. The summed E-state index contributed by atoms with van der Waals surface area (Å²) in [6, 6.07) is 7.11. The minimum absolute atomic E-state index is 0. The van der Waals surface area contributed by atoms with Gasteiger partial charge in [-0.05, 0) is 49.9 Å². The molecule has 2 amide bonds. The van der Waals surface area contributed by atoms with Gasteiger partial charge in [0.25, 0.3) is 5.91 Å². The van der Waals surface area contributed by atoms with Gasteiger partial charge in [-0.3, -0.25) is 9.59 Å². The van der Waals surface area contributed by atoms with Gasteiger partial charge >= 0.3 is 0 Å². The van der Waals surface area contributed by atoms with E-state index in [-0.39, 0.29) is 36.2 Å². The Bertz CT molecular complexity index is 505. The highest BCUT2D eigenvalue weighted by atomic mass is 35.5. The molecule has 1 aromatic carbocycles. The third kappa shape index (κ3) is 5.00. The zero-order valence-corrected chi connectivity index (χ0v) is 13.6. The summed E-state index contributed by atoms with van der Waals surface area (Å²) in [4.78, 5) is 23.8. The molecule has 0 radical (unpaired) electrons. The van der Waals surface area contributed by atoms with Crippen molar-refractivity contribution in [3.05, 3.63) is 29.8 Å². The molecule has 2 rings (SSSR count). The molecule has 0 bridgehead atoms. The molecule has 6 heteroatoms. The van der Waals surface area contributed by atoms with Gasteiger partial charge in [0.15, 0.2) is 0 Å². The van der Waals surface area contributed by atoms with E-state index in [0.29, 0.717) is 17.8 Å². The molecule has 1 aliphatic rings. The summed E-state index contributed by atoms with van der Waals surface area (Å²) in [5, 5.41) is 5.71. The van der Waals surface area contributed by atoms with Crippen LogP contribution in [-0.4, -0.2) is 24.4 Å². The van der Waals surface area contributed by atoms with Crippen LogP contribution in [0, 0.1) is 5.92 Å². The van der Waals surface area contributed by atoms with Gasteiger partial charge in [0.2, 0.25) is 5.91 Å². The Morgan fingerprint density at radius 2 is 1.91 bits per heavy atom. The van der Waals surface area contributed by atoms with Gasteiger partial charge < -0.3 is 16.4 Å². The Morgan fingerprint density at radius 1 is 1.23 bits per heavy atom. The van der Waals surface area contributed by atoms with Crippen LogP contribution in [0.15, 0.2) is 24.3 Å².